The van der Waals surface area contributed by atoms with Gasteiger partial charge in [0.2, 0.25) is 5.91 Å². The average Bonchev–Trinajstić information content (AvgIpc) is 3.42. The van der Waals surface area contributed by atoms with Gasteiger partial charge in [0, 0.05) is 26.2 Å². The van der Waals surface area contributed by atoms with Crippen LogP contribution < -0.4 is 14.4 Å². The Labute approximate surface area is 227 Å². The van der Waals surface area contributed by atoms with Crippen molar-refractivity contribution in [2.75, 3.05) is 58.5 Å². The fourth-order valence-electron chi connectivity index (χ4n) is 4.89. The molecule has 1 aliphatic heterocycles. The number of aromatic nitrogens is 1. The smallest absolute Gasteiger partial charge is 0.240 e. The topological polar surface area (TPSA) is 64.1 Å². The van der Waals surface area contributed by atoms with Crippen molar-refractivity contribution in [3.8, 4) is 11.5 Å². The Hall–Kier alpha value is -3.46. The van der Waals surface area contributed by atoms with Crippen molar-refractivity contribution in [3.05, 3.63) is 83.9 Å². The molecule has 2 heterocycles. The summed E-state index contributed by atoms with van der Waals surface area (Å²) in [5.74, 6) is 0.928. The largest absolute Gasteiger partial charge is 0.495 e. The van der Waals surface area contributed by atoms with Gasteiger partial charge in [0.05, 0.1) is 33.4 Å². The van der Waals surface area contributed by atoms with Gasteiger partial charge in [0.15, 0.2) is 5.13 Å². The number of hydrogen-bond acceptors (Lipinski definition) is 7. The monoisotopic (exact) mass is 531 g/mol. The van der Waals surface area contributed by atoms with E-state index < -0.39 is 5.92 Å². The minimum Gasteiger partial charge on any atom is -0.495 e. The molecule has 5 rings (SSSR count). The predicted octanol–water partition coefficient (Wildman–Crippen LogP) is 5.20. The number of anilines is 1. The van der Waals surface area contributed by atoms with Gasteiger partial charge >= 0.3 is 0 Å². The van der Waals surface area contributed by atoms with Gasteiger partial charge in [-0.2, -0.15) is 0 Å². The van der Waals surface area contributed by atoms with Gasteiger partial charge in [-0.15, -0.1) is 0 Å². The molecule has 7 nitrogen and oxygen atoms in total. The number of carbonyl (C=O) groups excluding carboxylic acids is 1. The molecule has 4 aromatic rings. The molecular formula is C30H33N3O4S. The van der Waals surface area contributed by atoms with Gasteiger partial charge in [-0.05, 0) is 29.7 Å². The van der Waals surface area contributed by atoms with Crippen LogP contribution in [0.15, 0.2) is 72.8 Å². The summed E-state index contributed by atoms with van der Waals surface area (Å²) in [6, 6.07) is 23.7. The van der Waals surface area contributed by atoms with Crippen LogP contribution in [0.25, 0.3) is 10.2 Å². The highest BCUT2D eigenvalue weighted by Gasteiger charge is 2.31. The summed E-state index contributed by atoms with van der Waals surface area (Å²) in [6.07, 6.45) is 0.826. The molecule has 198 valence electrons. The molecule has 0 N–H and O–H groups in total. The molecule has 0 bridgehead atoms. The molecule has 0 atom stereocenters. The zero-order valence-corrected chi connectivity index (χ0v) is 22.7. The molecular weight excluding hydrogens is 498 g/mol. The molecule has 1 amide bonds. The molecule has 0 spiro atoms. The van der Waals surface area contributed by atoms with Gasteiger partial charge in [-0.25, -0.2) is 4.98 Å². The molecule has 0 aliphatic carbocycles. The second-order valence-electron chi connectivity index (χ2n) is 9.20. The van der Waals surface area contributed by atoms with E-state index in [1.54, 1.807) is 14.2 Å². The Balaban J connectivity index is 1.54. The first-order chi connectivity index (χ1) is 18.7. The Morgan fingerprint density at radius 1 is 0.947 bits per heavy atom. The molecule has 0 unspecified atom stereocenters. The number of benzene rings is 3. The summed E-state index contributed by atoms with van der Waals surface area (Å²) in [5.41, 5.74) is 2.62. The quantitative estimate of drug-likeness (QED) is 0.280. The van der Waals surface area contributed by atoms with Crippen LogP contribution in [0.3, 0.4) is 0 Å². The Bertz CT molecular complexity index is 1260. The fourth-order valence-corrected chi connectivity index (χ4v) is 6.00. The average molecular weight is 532 g/mol. The van der Waals surface area contributed by atoms with Crippen molar-refractivity contribution in [1.29, 1.82) is 0 Å². The number of ether oxygens (including phenoxy) is 3. The lowest BCUT2D eigenvalue weighted by Gasteiger charge is -2.29. The number of fused-ring (bicyclic) bond motifs is 1. The zero-order valence-electron chi connectivity index (χ0n) is 21.8. The minimum absolute atomic E-state index is 0.00127. The van der Waals surface area contributed by atoms with Crippen LogP contribution in [0.4, 0.5) is 5.13 Å². The first-order valence-electron chi connectivity index (χ1n) is 12.9. The molecule has 38 heavy (non-hydrogen) atoms. The SMILES string of the molecule is COc1ccc(OC)c2sc(N(CCCN3CCOCC3)C(=O)C(c3ccccc3)c3ccccc3)nc12. The number of thiazole rings is 1. The van der Waals surface area contributed by atoms with Gasteiger partial charge in [0.25, 0.3) is 0 Å². The van der Waals surface area contributed by atoms with Crippen LogP contribution in [-0.2, 0) is 9.53 Å². The van der Waals surface area contributed by atoms with E-state index in [9.17, 15) is 4.79 Å². The second kappa shape index (κ2) is 12.4. The highest BCUT2D eigenvalue weighted by molar-refractivity contribution is 7.22. The summed E-state index contributed by atoms with van der Waals surface area (Å²) in [7, 11) is 3.28. The van der Waals surface area contributed by atoms with Crippen LogP contribution in [0.5, 0.6) is 11.5 Å². The van der Waals surface area contributed by atoms with Crippen LogP contribution in [-0.4, -0.2) is 69.4 Å². The van der Waals surface area contributed by atoms with E-state index in [1.165, 1.54) is 11.3 Å². The third-order valence-corrected chi connectivity index (χ3v) is 7.96. The number of hydrogen-bond donors (Lipinski definition) is 0. The van der Waals surface area contributed by atoms with E-state index in [0.29, 0.717) is 28.7 Å². The number of amides is 1. The van der Waals surface area contributed by atoms with Crippen LogP contribution in [0.1, 0.15) is 23.5 Å². The van der Waals surface area contributed by atoms with E-state index >= 15 is 0 Å². The molecule has 3 aromatic carbocycles. The number of nitrogens with zero attached hydrogens (tertiary/aromatic N) is 3. The Morgan fingerprint density at radius 3 is 2.16 bits per heavy atom. The first kappa shape index (κ1) is 26.2. The standard InChI is InChI=1S/C30H33N3O4S/c1-35-24-14-15-25(36-2)28-27(24)31-30(38-28)33(17-9-16-32-18-20-37-21-19-32)29(34)26(22-10-5-3-6-11-22)23-12-7-4-8-13-23/h3-8,10-15,26H,9,16-21H2,1-2H3. The van der Waals surface area contributed by atoms with Crippen molar-refractivity contribution < 1.29 is 19.0 Å². The van der Waals surface area contributed by atoms with Gasteiger partial charge in [0.1, 0.15) is 21.7 Å². The van der Waals surface area contributed by atoms with Crippen molar-refractivity contribution >= 4 is 32.6 Å². The van der Waals surface area contributed by atoms with E-state index in [-0.39, 0.29) is 5.91 Å². The van der Waals surface area contributed by atoms with Crippen LogP contribution >= 0.6 is 11.3 Å². The Morgan fingerprint density at radius 2 is 1.55 bits per heavy atom. The highest BCUT2D eigenvalue weighted by atomic mass is 32.1. The maximum absolute atomic E-state index is 14.5. The number of rotatable bonds is 10. The molecule has 1 aromatic heterocycles. The van der Waals surface area contributed by atoms with Crippen molar-refractivity contribution in [2.45, 2.75) is 12.3 Å². The molecule has 8 heteroatoms. The van der Waals surface area contributed by atoms with Gasteiger partial charge in [-0.3, -0.25) is 14.6 Å². The van der Waals surface area contributed by atoms with Gasteiger partial charge < -0.3 is 14.2 Å². The fraction of sp³-hybridized carbons (Fsp3) is 0.333. The zero-order chi connectivity index (χ0) is 26.3. The van der Waals surface area contributed by atoms with Crippen LogP contribution in [0, 0.1) is 0 Å². The molecule has 1 saturated heterocycles. The summed E-state index contributed by atoms with van der Waals surface area (Å²) in [5, 5.41) is 0.645. The summed E-state index contributed by atoms with van der Waals surface area (Å²) < 4.78 is 17.6. The minimum atomic E-state index is -0.448. The summed E-state index contributed by atoms with van der Waals surface area (Å²) in [6.45, 7) is 4.79. The lowest BCUT2D eigenvalue weighted by molar-refractivity contribution is -0.119. The number of carbonyl (C=O) groups is 1. The van der Waals surface area contributed by atoms with Crippen LogP contribution in [0.2, 0.25) is 0 Å². The van der Waals surface area contributed by atoms with E-state index in [4.69, 9.17) is 19.2 Å². The third-order valence-electron chi connectivity index (χ3n) is 6.87. The maximum Gasteiger partial charge on any atom is 0.240 e. The third kappa shape index (κ3) is 5.67. The second-order valence-corrected chi connectivity index (χ2v) is 10.2. The maximum atomic E-state index is 14.5. The van der Waals surface area contributed by atoms with E-state index in [2.05, 4.69) is 4.90 Å². The lowest BCUT2D eigenvalue weighted by Crippen LogP contribution is -2.40. The van der Waals surface area contributed by atoms with Crippen molar-refractivity contribution in [1.82, 2.24) is 9.88 Å². The van der Waals surface area contributed by atoms with Crippen molar-refractivity contribution in [3.63, 3.8) is 0 Å². The molecule has 1 fully saturated rings. The molecule has 0 saturated carbocycles. The lowest BCUT2D eigenvalue weighted by atomic mass is 9.90. The van der Waals surface area contributed by atoms with E-state index in [0.717, 1.165) is 55.1 Å². The number of methoxy groups -OCH3 is 2. The predicted molar refractivity (Wildman–Crippen MR) is 152 cm³/mol. The normalized spacial score (nSPS) is 14.1. The molecule has 1 aliphatic rings. The highest BCUT2D eigenvalue weighted by Crippen LogP contribution is 2.41. The molecule has 0 radical (unpaired) electrons. The van der Waals surface area contributed by atoms with Gasteiger partial charge in [-0.1, -0.05) is 72.0 Å². The number of morpholine rings is 1. The summed E-state index contributed by atoms with van der Waals surface area (Å²) in [4.78, 5) is 23.7. The van der Waals surface area contributed by atoms with Crippen molar-refractivity contribution in [2.24, 2.45) is 0 Å². The summed E-state index contributed by atoms with van der Waals surface area (Å²) >= 11 is 1.46. The Kier molecular flexibility index (Phi) is 8.53. The van der Waals surface area contributed by atoms with E-state index in [1.807, 2.05) is 77.7 Å². The first-order valence-corrected chi connectivity index (χ1v) is 13.7.